The molecule has 2 aromatic rings. The molecule has 1 heterocycles. The predicted octanol–water partition coefficient (Wildman–Crippen LogP) is 2.08. The fraction of sp³-hybridized carbons (Fsp3) is 0.294. The molecule has 146 valence electrons. The standard InChI is InChI=1S/C17H20ClN3O5S/c1-11-4-5-12(8-14(11)18)20-16(22)6-7-19-27(24,25)13-9-15(17(23)26-3)21(2)10-13/h4-5,8-10,19H,6-7H2,1-3H3,(H,20,22). The van der Waals surface area contributed by atoms with Crippen molar-refractivity contribution in [2.24, 2.45) is 7.05 Å². The summed E-state index contributed by atoms with van der Waals surface area (Å²) in [5.74, 6) is -1.00. The van der Waals surface area contributed by atoms with Crippen LogP contribution in [0.5, 0.6) is 0 Å². The maximum atomic E-state index is 12.3. The van der Waals surface area contributed by atoms with Crippen molar-refractivity contribution in [1.29, 1.82) is 0 Å². The van der Waals surface area contributed by atoms with Crippen molar-refractivity contribution >= 4 is 39.2 Å². The Labute approximate surface area is 162 Å². The van der Waals surface area contributed by atoms with Crippen molar-refractivity contribution < 1.29 is 22.7 Å². The summed E-state index contributed by atoms with van der Waals surface area (Å²) in [6, 6.07) is 6.32. The van der Waals surface area contributed by atoms with Gasteiger partial charge in [0.1, 0.15) is 10.6 Å². The van der Waals surface area contributed by atoms with E-state index in [-0.39, 0.29) is 29.5 Å². The Kier molecular flexibility index (Phi) is 6.63. The second-order valence-electron chi connectivity index (χ2n) is 5.82. The smallest absolute Gasteiger partial charge is 0.354 e. The van der Waals surface area contributed by atoms with Crippen LogP contribution in [0.25, 0.3) is 0 Å². The molecule has 0 fully saturated rings. The Hall–Kier alpha value is -2.36. The Bertz CT molecular complexity index is 969. The zero-order valence-electron chi connectivity index (χ0n) is 15.1. The Morgan fingerprint density at radius 2 is 1.96 bits per heavy atom. The molecule has 27 heavy (non-hydrogen) atoms. The lowest BCUT2D eigenvalue weighted by molar-refractivity contribution is -0.116. The van der Waals surface area contributed by atoms with E-state index in [1.165, 1.54) is 31.0 Å². The molecule has 2 N–H and O–H groups in total. The molecule has 8 nitrogen and oxygen atoms in total. The normalized spacial score (nSPS) is 11.3. The molecule has 0 aliphatic rings. The number of anilines is 1. The van der Waals surface area contributed by atoms with Crippen molar-refractivity contribution in [2.45, 2.75) is 18.2 Å². The first-order valence-electron chi connectivity index (χ1n) is 7.94. The van der Waals surface area contributed by atoms with Crippen LogP contribution < -0.4 is 10.0 Å². The van der Waals surface area contributed by atoms with Gasteiger partial charge in [-0.1, -0.05) is 17.7 Å². The Balaban J connectivity index is 1.94. The van der Waals surface area contributed by atoms with Gasteiger partial charge in [0.25, 0.3) is 0 Å². The first-order valence-corrected chi connectivity index (χ1v) is 9.80. The van der Waals surface area contributed by atoms with Crippen molar-refractivity contribution in [3.63, 3.8) is 0 Å². The number of carbonyl (C=O) groups is 2. The number of hydrogen-bond acceptors (Lipinski definition) is 5. The maximum Gasteiger partial charge on any atom is 0.354 e. The molecule has 0 radical (unpaired) electrons. The molecule has 0 spiro atoms. The molecule has 0 saturated carbocycles. The van der Waals surface area contributed by atoms with E-state index in [2.05, 4.69) is 14.8 Å². The molecule has 2 rings (SSSR count). The van der Waals surface area contributed by atoms with Crippen LogP contribution in [0.3, 0.4) is 0 Å². The van der Waals surface area contributed by atoms with E-state index >= 15 is 0 Å². The number of carbonyl (C=O) groups excluding carboxylic acids is 2. The third-order valence-corrected chi connectivity index (χ3v) is 5.62. The van der Waals surface area contributed by atoms with Crippen molar-refractivity contribution in [3.8, 4) is 0 Å². The fourth-order valence-electron chi connectivity index (χ4n) is 2.27. The minimum atomic E-state index is -3.86. The summed E-state index contributed by atoms with van der Waals surface area (Å²) in [5.41, 5.74) is 1.52. The lowest BCUT2D eigenvalue weighted by Gasteiger charge is -2.08. The minimum Gasteiger partial charge on any atom is -0.464 e. The summed E-state index contributed by atoms with van der Waals surface area (Å²) in [5, 5.41) is 3.18. The van der Waals surface area contributed by atoms with E-state index in [0.29, 0.717) is 10.7 Å². The van der Waals surface area contributed by atoms with Gasteiger partial charge in [-0.25, -0.2) is 17.9 Å². The number of ether oxygens (including phenoxy) is 1. The molecular weight excluding hydrogens is 394 g/mol. The highest BCUT2D eigenvalue weighted by molar-refractivity contribution is 7.89. The zero-order valence-corrected chi connectivity index (χ0v) is 16.6. The first-order chi connectivity index (χ1) is 12.6. The van der Waals surface area contributed by atoms with Gasteiger partial charge in [0, 0.05) is 36.9 Å². The lowest BCUT2D eigenvalue weighted by atomic mass is 10.2. The molecule has 0 bridgehead atoms. The third-order valence-electron chi connectivity index (χ3n) is 3.78. The van der Waals surface area contributed by atoms with Crippen LogP contribution >= 0.6 is 11.6 Å². The van der Waals surface area contributed by atoms with Gasteiger partial charge in [-0.2, -0.15) is 0 Å². The zero-order chi connectivity index (χ0) is 20.2. The van der Waals surface area contributed by atoms with E-state index in [0.717, 1.165) is 5.56 Å². The molecule has 0 aliphatic heterocycles. The average Bonchev–Trinajstić information content (AvgIpc) is 3.00. The first kappa shape index (κ1) is 20.9. The highest BCUT2D eigenvalue weighted by Gasteiger charge is 2.20. The maximum absolute atomic E-state index is 12.3. The number of nitrogens with one attached hydrogen (secondary N) is 2. The number of amides is 1. The number of methoxy groups -OCH3 is 1. The van der Waals surface area contributed by atoms with Crippen LogP contribution in [0, 0.1) is 6.92 Å². The molecule has 0 atom stereocenters. The van der Waals surface area contributed by atoms with Crippen LogP contribution in [0.15, 0.2) is 35.4 Å². The summed E-state index contributed by atoms with van der Waals surface area (Å²) in [7, 11) is -1.12. The molecule has 0 aliphatic carbocycles. The van der Waals surface area contributed by atoms with Gasteiger partial charge in [0.15, 0.2) is 0 Å². The molecular formula is C17H20ClN3O5S. The van der Waals surface area contributed by atoms with Crippen molar-refractivity contribution in [3.05, 3.63) is 46.7 Å². The molecule has 1 aromatic heterocycles. The summed E-state index contributed by atoms with van der Waals surface area (Å²) in [6.07, 6.45) is 1.23. The van der Waals surface area contributed by atoms with E-state index in [9.17, 15) is 18.0 Å². The number of benzene rings is 1. The molecule has 1 amide bonds. The van der Waals surface area contributed by atoms with Gasteiger partial charge in [-0.05, 0) is 30.7 Å². The van der Waals surface area contributed by atoms with Gasteiger partial charge in [0.2, 0.25) is 15.9 Å². The van der Waals surface area contributed by atoms with E-state index < -0.39 is 16.0 Å². The summed E-state index contributed by atoms with van der Waals surface area (Å²) >= 11 is 6.00. The monoisotopic (exact) mass is 413 g/mol. The molecule has 0 unspecified atom stereocenters. The average molecular weight is 414 g/mol. The SMILES string of the molecule is COC(=O)c1cc(S(=O)(=O)NCCC(=O)Nc2ccc(C)c(Cl)c2)cn1C. The van der Waals surface area contributed by atoms with Crippen molar-refractivity contribution in [1.82, 2.24) is 9.29 Å². The summed E-state index contributed by atoms with van der Waals surface area (Å²) < 4.78 is 32.9. The molecule has 1 aromatic carbocycles. The number of aryl methyl sites for hydroxylation is 2. The van der Waals surface area contributed by atoms with E-state index in [4.69, 9.17) is 11.6 Å². The van der Waals surface area contributed by atoms with Crippen LogP contribution in [-0.2, 0) is 26.6 Å². The Morgan fingerprint density at radius 3 is 2.59 bits per heavy atom. The van der Waals surface area contributed by atoms with Crippen LogP contribution in [0.2, 0.25) is 5.02 Å². The van der Waals surface area contributed by atoms with Crippen molar-refractivity contribution in [2.75, 3.05) is 19.0 Å². The number of rotatable bonds is 7. The molecule has 10 heteroatoms. The van der Waals surface area contributed by atoms with E-state index in [1.807, 2.05) is 6.92 Å². The van der Waals surface area contributed by atoms with Crippen LogP contribution in [0.1, 0.15) is 22.5 Å². The number of hydrogen-bond donors (Lipinski definition) is 2. The minimum absolute atomic E-state index is 0.0680. The quantitative estimate of drug-likeness (QED) is 0.676. The predicted molar refractivity (Wildman–Crippen MR) is 101 cm³/mol. The second-order valence-corrected chi connectivity index (χ2v) is 8.00. The van der Waals surface area contributed by atoms with Gasteiger partial charge in [-0.15, -0.1) is 0 Å². The topological polar surface area (TPSA) is 106 Å². The highest BCUT2D eigenvalue weighted by atomic mass is 35.5. The van der Waals surface area contributed by atoms with Crippen LogP contribution in [-0.4, -0.2) is 38.5 Å². The van der Waals surface area contributed by atoms with Gasteiger partial charge >= 0.3 is 5.97 Å². The lowest BCUT2D eigenvalue weighted by Crippen LogP contribution is -2.27. The molecule has 0 saturated heterocycles. The number of sulfonamides is 1. The van der Waals surface area contributed by atoms with E-state index in [1.54, 1.807) is 18.2 Å². The summed E-state index contributed by atoms with van der Waals surface area (Å²) in [6.45, 7) is 1.74. The van der Waals surface area contributed by atoms with Crippen LogP contribution in [0.4, 0.5) is 5.69 Å². The van der Waals surface area contributed by atoms with Gasteiger partial charge < -0.3 is 14.6 Å². The van der Waals surface area contributed by atoms with Gasteiger partial charge in [-0.3, -0.25) is 4.79 Å². The number of nitrogens with zero attached hydrogens (tertiary/aromatic N) is 1. The highest BCUT2D eigenvalue weighted by Crippen LogP contribution is 2.20. The number of aromatic nitrogens is 1. The number of halogens is 1. The largest absolute Gasteiger partial charge is 0.464 e. The van der Waals surface area contributed by atoms with Gasteiger partial charge in [0.05, 0.1) is 7.11 Å². The number of esters is 1. The second kappa shape index (κ2) is 8.55. The Morgan fingerprint density at radius 1 is 1.26 bits per heavy atom. The fourth-order valence-corrected chi connectivity index (χ4v) is 3.55. The summed E-state index contributed by atoms with van der Waals surface area (Å²) in [4.78, 5) is 23.5. The third kappa shape index (κ3) is 5.31.